The van der Waals surface area contributed by atoms with E-state index in [-0.39, 0.29) is 5.97 Å². The van der Waals surface area contributed by atoms with Gasteiger partial charge >= 0.3 is 5.97 Å². The first-order valence-electron chi connectivity index (χ1n) is 10.0. The molecule has 0 amide bonds. The normalized spacial score (nSPS) is 12.5. The molecule has 0 heterocycles. The lowest BCUT2D eigenvalue weighted by Crippen LogP contribution is -2.10. The fraction of sp³-hybridized carbons (Fsp3) is 0.522. The van der Waals surface area contributed by atoms with E-state index in [1.54, 1.807) is 0 Å². The standard InChI is InChI=1S/C23H37NO2S/c1-3-4-5-6-7-8-9-10-11-12-13-14-15-16-17-18-19-20-23(25)26-27-22-21-24-2/h4-5,7-8,10-11,13-14,16-17,24H,3,6,9,12,15,18-22H2,1-2H3/b5-4-,8-7-,11-10-,14-13-,17-16-. The lowest BCUT2D eigenvalue weighted by atomic mass is 10.2. The average Bonchev–Trinajstić information content (AvgIpc) is 2.67. The Kier molecular flexibility index (Phi) is 21.3. The molecule has 0 aliphatic heterocycles. The second kappa shape index (κ2) is 22.5. The summed E-state index contributed by atoms with van der Waals surface area (Å²) in [5.41, 5.74) is 0. The van der Waals surface area contributed by atoms with Crippen molar-refractivity contribution in [3.63, 3.8) is 0 Å². The van der Waals surface area contributed by atoms with E-state index in [9.17, 15) is 4.79 Å². The van der Waals surface area contributed by atoms with Gasteiger partial charge < -0.3 is 9.50 Å². The number of nitrogens with one attached hydrogen (secondary N) is 1. The molecule has 0 aromatic carbocycles. The number of carbonyl (C=O) groups is 1. The summed E-state index contributed by atoms with van der Waals surface area (Å²) in [5, 5.41) is 3.01. The van der Waals surface area contributed by atoms with Gasteiger partial charge in [0.05, 0.1) is 12.0 Å². The third kappa shape index (κ3) is 22.4. The first-order chi connectivity index (χ1) is 13.3. The maximum absolute atomic E-state index is 11.5. The third-order valence-corrected chi connectivity index (χ3v) is 4.17. The van der Waals surface area contributed by atoms with Gasteiger partial charge in [-0.2, -0.15) is 0 Å². The molecule has 152 valence electrons. The molecule has 0 atom stereocenters. The summed E-state index contributed by atoms with van der Waals surface area (Å²) in [6, 6.07) is 0. The topological polar surface area (TPSA) is 38.3 Å². The van der Waals surface area contributed by atoms with Crippen molar-refractivity contribution in [3.05, 3.63) is 60.8 Å². The van der Waals surface area contributed by atoms with Crippen LogP contribution in [0.3, 0.4) is 0 Å². The quantitative estimate of drug-likeness (QED) is 0.179. The van der Waals surface area contributed by atoms with Crippen LogP contribution in [0.2, 0.25) is 0 Å². The average molecular weight is 392 g/mol. The number of carbonyl (C=O) groups excluding carboxylic acids is 1. The van der Waals surface area contributed by atoms with Gasteiger partial charge in [0.1, 0.15) is 0 Å². The highest BCUT2D eigenvalue weighted by atomic mass is 32.2. The highest BCUT2D eigenvalue weighted by molar-refractivity contribution is 7.95. The Balaban J connectivity index is 3.48. The lowest BCUT2D eigenvalue weighted by molar-refractivity contribution is -0.133. The Morgan fingerprint density at radius 1 is 0.852 bits per heavy atom. The molecule has 0 rings (SSSR count). The van der Waals surface area contributed by atoms with Crippen LogP contribution >= 0.6 is 12.0 Å². The van der Waals surface area contributed by atoms with Crippen LogP contribution < -0.4 is 5.32 Å². The molecule has 3 nitrogen and oxygen atoms in total. The zero-order valence-electron chi connectivity index (χ0n) is 17.1. The Bertz CT molecular complexity index is 479. The van der Waals surface area contributed by atoms with Gasteiger partial charge in [0.2, 0.25) is 0 Å². The van der Waals surface area contributed by atoms with Gasteiger partial charge in [-0.25, -0.2) is 0 Å². The fourth-order valence-electron chi connectivity index (χ4n) is 2.03. The molecule has 0 aliphatic rings. The van der Waals surface area contributed by atoms with E-state index >= 15 is 0 Å². The number of hydrogen-bond donors (Lipinski definition) is 1. The Labute approximate surface area is 170 Å². The number of hydrogen-bond acceptors (Lipinski definition) is 4. The molecule has 0 bridgehead atoms. The van der Waals surface area contributed by atoms with Gasteiger partial charge in [-0.05, 0) is 52.0 Å². The molecule has 0 spiro atoms. The van der Waals surface area contributed by atoms with Crippen LogP contribution in [-0.2, 0) is 8.98 Å². The Morgan fingerprint density at radius 3 is 1.89 bits per heavy atom. The summed E-state index contributed by atoms with van der Waals surface area (Å²) >= 11 is 1.22. The van der Waals surface area contributed by atoms with Crippen molar-refractivity contribution >= 4 is 18.0 Å². The van der Waals surface area contributed by atoms with Crippen molar-refractivity contribution in [2.24, 2.45) is 0 Å². The van der Waals surface area contributed by atoms with Crippen LogP contribution in [-0.4, -0.2) is 25.3 Å². The number of allylic oxidation sites excluding steroid dienone is 10. The lowest BCUT2D eigenvalue weighted by Gasteiger charge is -2.01. The highest BCUT2D eigenvalue weighted by Gasteiger charge is 2.01. The van der Waals surface area contributed by atoms with Gasteiger partial charge in [0, 0.05) is 18.7 Å². The minimum atomic E-state index is -0.122. The predicted octanol–water partition coefficient (Wildman–Crippen LogP) is 6.32. The Morgan fingerprint density at radius 2 is 1.37 bits per heavy atom. The minimum absolute atomic E-state index is 0.122. The fourth-order valence-corrected chi connectivity index (χ4v) is 2.61. The Hall–Kier alpha value is -1.52. The molecule has 0 saturated heterocycles. The molecular formula is C23H37NO2S. The second-order valence-electron chi connectivity index (χ2n) is 5.98. The molecular weight excluding hydrogens is 354 g/mol. The van der Waals surface area contributed by atoms with Gasteiger partial charge in [0.25, 0.3) is 0 Å². The SMILES string of the molecule is CC/C=C\C/C=C\C/C=C\C/C=C\C/C=C\CCCC(=O)OSCCNC. The first-order valence-corrected chi connectivity index (χ1v) is 10.9. The van der Waals surface area contributed by atoms with Crippen LogP contribution in [0.5, 0.6) is 0 Å². The molecule has 0 aromatic rings. The summed E-state index contributed by atoms with van der Waals surface area (Å²) in [6.45, 7) is 3.00. The summed E-state index contributed by atoms with van der Waals surface area (Å²) < 4.78 is 5.06. The van der Waals surface area contributed by atoms with Crippen molar-refractivity contribution in [1.82, 2.24) is 5.32 Å². The van der Waals surface area contributed by atoms with E-state index in [0.717, 1.165) is 57.2 Å². The molecule has 0 aromatic heterocycles. The van der Waals surface area contributed by atoms with E-state index in [1.165, 1.54) is 12.0 Å². The maximum atomic E-state index is 11.5. The number of rotatable bonds is 17. The summed E-state index contributed by atoms with van der Waals surface area (Å²) in [7, 11) is 1.88. The van der Waals surface area contributed by atoms with Crippen molar-refractivity contribution in [1.29, 1.82) is 0 Å². The van der Waals surface area contributed by atoms with Crippen LogP contribution in [0.4, 0.5) is 0 Å². The number of unbranched alkanes of at least 4 members (excludes halogenated alkanes) is 1. The molecule has 0 aliphatic carbocycles. The van der Waals surface area contributed by atoms with Gasteiger partial charge in [0.15, 0.2) is 0 Å². The van der Waals surface area contributed by atoms with E-state index in [0.29, 0.717) is 6.42 Å². The summed E-state index contributed by atoms with van der Waals surface area (Å²) in [4.78, 5) is 11.5. The smallest absolute Gasteiger partial charge is 0.317 e. The zero-order valence-corrected chi connectivity index (χ0v) is 17.9. The van der Waals surface area contributed by atoms with Gasteiger partial charge in [-0.15, -0.1) is 0 Å². The van der Waals surface area contributed by atoms with Crippen molar-refractivity contribution in [2.45, 2.75) is 58.3 Å². The minimum Gasteiger partial charge on any atom is -0.391 e. The van der Waals surface area contributed by atoms with Crippen molar-refractivity contribution < 1.29 is 8.98 Å². The van der Waals surface area contributed by atoms with Crippen LogP contribution in [0.15, 0.2) is 60.8 Å². The van der Waals surface area contributed by atoms with E-state index in [1.807, 2.05) is 7.05 Å². The van der Waals surface area contributed by atoms with Crippen LogP contribution in [0.25, 0.3) is 0 Å². The molecule has 27 heavy (non-hydrogen) atoms. The van der Waals surface area contributed by atoms with Crippen molar-refractivity contribution in [2.75, 3.05) is 19.3 Å². The highest BCUT2D eigenvalue weighted by Crippen LogP contribution is 2.07. The molecule has 0 fully saturated rings. The first kappa shape index (κ1) is 25.5. The largest absolute Gasteiger partial charge is 0.391 e. The summed E-state index contributed by atoms with van der Waals surface area (Å²) in [5.74, 6) is 0.667. The maximum Gasteiger partial charge on any atom is 0.317 e. The zero-order chi connectivity index (χ0) is 19.8. The van der Waals surface area contributed by atoms with Crippen molar-refractivity contribution in [3.8, 4) is 0 Å². The van der Waals surface area contributed by atoms with E-state index in [4.69, 9.17) is 4.18 Å². The van der Waals surface area contributed by atoms with Gasteiger partial charge in [-0.3, -0.25) is 4.79 Å². The monoisotopic (exact) mass is 391 g/mol. The molecule has 4 heteroatoms. The molecule has 0 unspecified atom stereocenters. The summed E-state index contributed by atoms with van der Waals surface area (Å²) in [6.07, 6.45) is 29.2. The predicted molar refractivity (Wildman–Crippen MR) is 121 cm³/mol. The second-order valence-corrected chi connectivity index (χ2v) is 6.79. The molecule has 0 saturated carbocycles. The molecule has 1 N–H and O–H groups in total. The molecule has 0 radical (unpaired) electrons. The van der Waals surface area contributed by atoms with E-state index in [2.05, 4.69) is 73.0 Å². The van der Waals surface area contributed by atoms with Crippen LogP contribution in [0.1, 0.15) is 58.3 Å². The van der Waals surface area contributed by atoms with Crippen LogP contribution in [0, 0.1) is 0 Å². The third-order valence-electron chi connectivity index (χ3n) is 3.50. The van der Waals surface area contributed by atoms with E-state index < -0.39 is 0 Å². The van der Waals surface area contributed by atoms with Gasteiger partial charge in [-0.1, -0.05) is 67.7 Å².